The minimum Gasteiger partial charge on any atom is -0.255 e. The number of pyridine rings is 1. The van der Waals surface area contributed by atoms with Crippen LogP contribution in [0.3, 0.4) is 0 Å². The summed E-state index contributed by atoms with van der Waals surface area (Å²) in [6.45, 7) is 7.56. The third-order valence-corrected chi connectivity index (χ3v) is 5.34. The second-order valence-electron chi connectivity index (χ2n) is 8.48. The molecule has 166 valence electrons. The Morgan fingerprint density at radius 1 is 1.06 bits per heavy atom. The Bertz CT molecular complexity index is 1110. The first-order valence-corrected chi connectivity index (χ1v) is 11.3. The Morgan fingerprint density at radius 2 is 1.91 bits per heavy atom. The van der Waals surface area contributed by atoms with Crippen LogP contribution >= 0.6 is 0 Å². The fraction of sp³-hybridized carbons (Fsp3) is 0.417. The lowest BCUT2D eigenvalue weighted by atomic mass is 10.0. The van der Waals surface area contributed by atoms with Gasteiger partial charge in [0, 0.05) is 36.7 Å². The van der Waals surface area contributed by atoms with Gasteiger partial charge in [0.1, 0.15) is 5.82 Å². The van der Waals surface area contributed by atoms with Crippen molar-refractivity contribution in [2.75, 3.05) is 0 Å². The maximum Gasteiger partial charge on any atom is 0.206 e. The molecule has 1 N–H and O–H groups in total. The van der Waals surface area contributed by atoms with Crippen LogP contribution in [0, 0.1) is 5.92 Å². The molecule has 3 heterocycles. The van der Waals surface area contributed by atoms with Gasteiger partial charge in [-0.25, -0.2) is 9.67 Å². The monoisotopic (exact) mass is 430 g/mol. The summed E-state index contributed by atoms with van der Waals surface area (Å²) < 4.78 is 2.11. The molecule has 0 amide bonds. The summed E-state index contributed by atoms with van der Waals surface area (Å²) in [5.41, 5.74) is 3.90. The number of nitrogens with one attached hydrogen (secondary N) is 1. The third kappa shape index (κ3) is 5.25. The zero-order valence-electron chi connectivity index (χ0n) is 19.0. The molecule has 0 spiro atoms. The van der Waals surface area contributed by atoms with E-state index in [0.717, 1.165) is 54.3 Å². The molecule has 0 aliphatic rings. The second kappa shape index (κ2) is 10.3. The van der Waals surface area contributed by atoms with Crippen LogP contribution in [0.2, 0.25) is 0 Å². The fourth-order valence-electron chi connectivity index (χ4n) is 3.75. The van der Waals surface area contributed by atoms with E-state index >= 15 is 0 Å². The van der Waals surface area contributed by atoms with Crippen LogP contribution in [0.25, 0.3) is 22.6 Å². The van der Waals surface area contributed by atoms with Gasteiger partial charge in [-0.05, 0) is 35.2 Å². The van der Waals surface area contributed by atoms with Crippen molar-refractivity contribution in [2.45, 2.75) is 59.4 Å². The number of benzene rings is 1. The van der Waals surface area contributed by atoms with E-state index in [-0.39, 0.29) is 0 Å². The predicted octanol–water partition coefficient (Wildman–Crippen LogP) is 4.50. The van der Waals surface area contributed by atoms with Crippen LogP contribution in [0.1, 0.15) is 57.2 Å². The fourth-order valence-corrected chi connectivity index (χ4v) is 3.75. The van der Waals surface area contributed by atoms with Gasteiger partial charge in [-0.2, -0.15) is 10.3 Å². The highest BCUT2D eigenvalue weighted by molar-refractivity contribution is 5.76. The Balaban J connectivity index is 1.55. The van der Waals surface area contributed by atoms with Gasteiger partial charge in [0.25, 0.3) is 0 Å². The maximum absolute atomic E-state index is 4.87. The van der Waals surface area contributed by atoms with Gasteiger partial charge in [-0.3, -0.25) is 4.98 Å². The summed E-state index contributed by atoms with van der Waals surface area (Å²) in [7, 11) is 0. The molecule has 0 aliphatic heterocycles. The predicted molar refractivity (Wildman–Crippen MR) is 124 cm³/mol. The zero-order chi connectivity index (χ0) is 22.3. The molecule has 8 heteroatoms. The van der Waals surface area contributed by atoms with E-state index in [4.69, 9.17) is 10.1 Å². The highest BCUT2D eigenvalue weighted by Gasteiger charge is 2.14. The summed E-state index contributed by atoms with van der Waals surface area (Å²) in [5.74, 6) is 3.06. The Morgan fingerprint density at radius 3 is 2.62 bits per heavy atom. The third-order valence-electron chi connectivity index (χ3n) is 5.34. The van der Waals surface area contributed by atoms with Crippen molar-refractivity contribution in [1.29, 1.82) is 0 Å². The molecule has 32 heavy (non-hydrogen) atoms. The molecule has 3 aromatic heterocycles. The van der Waals surface area contributed by atoms with Crippen molar-refractivity contribution < 1.29 is 0 Å². The number of tetrazole rings is 1. The van der Waals surface area contributed by atoms with Crippen molar-refractivity contribution in [1.82, 2.24) is 40.4 Å². The number of aromatic amines is 1. The SMILES string of the molecule is CCCCCn1nc(CC(C)C)nc1Cc1ccc(-c2ncccc2-c2nn[nH]n2)cc1. The van der Waals surface area contributed by atoms with Gasteiger partial charge in [0.15, 0.2) is 5.82 Å². The van der Waals surface area contributed by atoms with Crippen LogP contribution < -0.4 is 0 Å². The minimum atomic E-state index is 0.537. The number of aromatic nitrogens is 8. The van der Waals surface area contributed by atoms with E-state index in [1.165, 1.54) is 18.4 Å². The highest BCUT2D eigenvalue weighted by atomic mass is 15.5. The molecular formula is C24H30N8. The minimum absolute atomic E-state index is 0.537. The Hall–Kier alpha value is -3.42. The van der Waals surface area contributed by atoms with Crippen LogP contribution in [0.4, 0.5) is 0 Å². The number of nitrogens with zero attached hydrogens (tertiary/aromatic N) is 7. The largest absolute Gasteiger partial charge is 0.255 e. The van der Waals surface area contributed by atoms with Crippen LogP contribution in [0.5, 0.6) is 0 Å². The quantitative estimate of drug-likeness (QED) is 0.372. The summed E-state index contributed by atoms with van der Waals surface area (Å²) >= 11 is 0. The number of hydrogen-bond acceptors (Lipinski definition) is 6. The molecule has 8 nitrogen and oxygen atoms in total. The van der Waals surface area contributed by atoms with Gasteiger partial charge in [-0.1, -0.05) is 57.9 Å². The zero-order valence-corrected chi connectivity index (χ0v) is 19.0. The summed E-state index contributed by atoms with van der Waals surface area (Å²) in [5, 5.41) is 19.2. The molecule has 0 aliphatic carbocycles. The van der Waals surface area contributed by atoms with E-state index in [0.29, 0.717) is 11.7 Å². The number of unbranched alkanes of at least 4 members (excludes halogenated alkanes) is 2. The molecule has 1 aromatic carbocycles. The van der Waals surface area contributed by atoms with E-state index in [1.54, 1.807) is 6.20 Å². The van der Waals surface area contributed by atoms with Crippen molar-refractivity contribution in [2.24, 2.45) is 5.92 Å². The topological polar surface area (TPSA) is 98.1 Å². The normalized spacial score (nSPS) is 11.4. The summed E-state index contributed by atoms with van der Waals surface area (Å²) in [6, 6.07) is 12.3. The number of aryl methyl sites for hydroxylation is 1. The molecule has 0 bridgehead atoms. The van der Waals surface area contributed by atoms with Gasteiger partial charge < -0.3 is 0 Å². The lowest BCUT2D eigenvalue weighted by Crippen LogP contribution is -2.07. The van der Waals surface area contributed by atoms with Crippen LogP contribution in [0.15, 0.2) is 42.6 Å². The van der Waals surface area contributed by atoms with Crippen molar-refractivity contribution in [3.63, 3.8) is 0 Å². The van der Waals surface area contributed by atoms with Gasteiger partial charge in [-0.15, -0.1) is 10.2 Å². The molecule has 0 unspecified atom stereocenters. The van der Waals surface area contributed by atoms with Gasteiger partial charge in [0.05, 0.1) is 5.69 Å². The molecule has 4 aromatic rings. The van der Waals surface area contributed by atoms with Crippen LogP contribution in [-0.4, -0.2) is 40.4 Å². The molecule has 0 fully saturated rings. The van der Waals surface area contributed by atoms with Crippen molar-refractivity contribution in [3.05, 3.63) is 59.8 Å². The number of H-pyrrole nitrogens is 1. The molecule has 0 radical (unpaired) electrons. The molecule has 0 atom stereocenters. The summed E-state index contributed by atoms with van der Waals surface area (Å²) in [6.07, 6.45) is 6.99. The van der Waals surface area contributed by atoms with E-state index in [2.05, 4.69) is 75.3 Å². The number of rotatable bonds is 10. The maximum atomic E-state index is 4.87. The highest BCUT2D eigenvalue weighted by Crippen LogP contribution is 2.27. The Kier molecular flexibility index (Phi) is 6.99. The lowest BCUT2D eigenvalue weighted by Gasteiger charge is -2.08. The first kappa shape index (κ1) is 21.8. The molecular weight excluding hydrogens is 400 g/mol. The Labute approximate surface area is 188 Å². The first-order chi connectivity index (χ1) is 15.6. The number of hydrogen-bond donors (Lipinski definition) is 1. The average Bonchev–Trinajstić information content (AvgIpc) is 3.45. The summed E-state index contributed by atoms with van der Waals surface area (Å²) in [4.78, 5) is 9.42. The van der Waals surface area contributed by atoms with E-state index in [9.17, 15) is 0 Å². The van der Waals surface area contributed by atoms with Crippen molar-refractivity contribution in [3.8, 4) is 22.6 Å². The van der Waals surface area contributed by atoms with Gasteiger partial charge in [0.2, 0.25) is 5.82 Å². The van der Waals surface area contributed by atoms with E-state index < -0.39 is 0 Å². The average molecular weight is 431 g/mol. The lowest BCUT2D eigenvalue weighted by molar-refractivity contribution is 0.526. The van der Waals surface area contributed by atoms with Crippen molar-refractivity contribution >= 4 is 0 Å². The van der Waals surface area contributed by atoms with Gasteiger partial charge >= 0.3 is 0 Å². The molecule has 4 rings (SSSR count). The second-order valence-corrected chi connectivity index (χ2v) is 8.48. The van der Waals surface area contributed by atoms with Crippen LogP contribution in [-0.2, 0) is 19.4 Å². The smallest absolute Gasteiger partial charge is 0.206 e. The molecule has 0 saturated heterocycles. The molecule has 0 saturated carbocycles. The first-order valence-electron chi connectivity index (χ1n) is 11.3. The standard InChI is InChI=1S/C24H30N8/c1-4-5-6-14-32-22(26-21(29-32)15-17(2)3)16-18-9-11-19(12-10-18)23-20(8-7-13-25-23)24-27-30-31-28-24/h7-13,17H,4-6,14-16H2,1-3H3,(H,27,28,30,31). The van der Waals surface area contributed by atoms with E-state index in [1.807, 2.05) is 12.1 Å².